The third-order valence-corrected chi connectivity index (χ3v) is 5.81. The van der Waals surface area contributed by atoms with Gasteiger partial charge in [-0.2, -0.15) is 0 Å². The summed E-state index contributed by atoms with van der Waals surface area (Å²) >= 11 is 0.825. The molecule has 0 aromatic carbocycles. The molecular formula is C10H14N2O4S2. The van der Waals surface area contributed by atoms with E-state index in [-0.39, 0.29) is 4.21 Å². The van der Waals surface area contributed by atoms with Gasteiger partial charge in [0.2, 0.25) is 0 Å². The van der Waals surface area contributed by atoms with Gasteiger partial charge in [0.05, 0.1) is 5.51 Å². The number of nitrogens with one attached hydrogen (secondary N) is 1. The van der Waals surface area contributed by atoms with Gasteiger partial charge in [0.1, 0.15) is 0 Å². The summed E-state index contributed by atoms with van der Waals surface area (Å²) in [5.74, 6) is -0.960. The molecule has 100 valence electrons. The number of rotatable bonds is 5. The van der Waals surface area contributed by atoms with E-state index in [1.54, 1.807) is 0 Å². The SMILES string of the molecule is O=C(O)c1ncsc1S(=O)(=O)NCC1CCCC1. The Hall–Kier alpha value is -0.990. The van der Waals surface area contributed by atoms with E-state index in [1.807, 2.05) is 0 Å². The van der Waals surface area contributed by atoms with Gasteiger partial charge in [-0.25, -0.2) is 22.9 Å². The van der Waals surface area contributed by atoms with Gasteiger partial charge >= 0.3 is 5.97 Å². The first kappa shape index (κ1) is 13.4. The average Bonchev–Trinajstić information content (AvgIpc) is 2.98. The van der Waals surface area contributed by atoms with E-state index >= 15 is 0 Å². The van der Waals surface area contributed by atoms with Crippen LogP contribution in [0.15, 0.2) is 9.72 Å². The third-order valence-electron chi connectivity index (χ3n) is 3.02. The van der Waals surface area contributed by atoms with Crippen molar-refractivity contribution >= 4 is 27.3 Å². The monoisotopic (exact) mass is 290 g/mol. The number of aromatic nitrogens is 1. The summed E-state index contributed by atoms with van der Waals surface area (Å²) in [5, 5.41) is 8.85. The molecule has 0 amide bonds. The molecule has 0 bridgehead atoms. The van der Waals surface area contributed by atoms with Crippen molar-refractivity contribution < 1.29 is 18.3 Å². The second-order valence-electron chi connectivity index (χ2n) is 4.30. The van der Waals surface area contributed by atoms with Crippen molar-refractivity contribution in [2.75, 3.05) is 6.54 Å². The summed E-state index contributed by atoms with van der Waals surface area (Å²) in [4.78, 5) is 14.4. The van der Waals surface area contributed by atoms with Crippen molar-refractivity contribution in [3.63, 3.8) is 0 Å². The molecule has 2 N–H and O–H groups in total. The molecule has 0 saturated heterocycles. The smallest absolute Gasteiger partial charge is 0.356 e. The number of thiazole rings is 1. The fraction of sp³-hybridized carbons (Fsp3) is 0.600. The molecule has 1 saturated carbocycles. The fourth-order valence-corrected chi connectivity index (χ4v) is 4.38. The van der Waals surface area contributed by atoms with E-state index in [1.165, 1.54) is 5.51 Å². The minimum atomic E-state index is -3.75. The zero-order valence-electron chi connectivity index (χ0n) is 9.63. The van der Waals surface area contributed by atoms with Crippen molar-refractivity contribution in [1.29, 1.82) is 0 Å². The van der Waals surface area contributed by atoms with Gasteiger partial charge in [0.15, 0.2) is 9.90 Å². The highest BCUT2D eigenvalue weighted by Gasteiger charge is 2.26. The first-order valence-electron chi connectivity index (χ1n) is 5.67. The lowest BCUT2D eigenvalue weighted by molar-refractivity contribution is 0.0687. The summed E-state index contributed by atoms with van der Waals surface area (Å²) in [7, 11) is -3.75. The van der Waals surface area contributed by atoms with Gasteiger partial charge in [-0.15, -0.1) is 11.3 Å². The van der Waals surface area contributed by atoms with Crippen LogP contribution >= 0.6 is 11.3 Å². The van der Waals surface area contributed by atoms with Crippen molar-refractivity contribution in [2.24, 2.45) is 5.92 Å². The number of carboxylic acids is 1. The maximum atomic E-state index is 12.0. The van der Waals surface area contributed by atoms with Crippen LogP contribution in [0.3, 0.4) is 0 Å². The molecule has 0 atom stereocenters. The molecule has 0 spiro atoms. The van der Waals surface area contributed by atoms with Gasteiger partial charge in [0.25, 0.3) is 10.0 Å². The van der Waals surface area contributed by atoms with E-state index in [0.29, 0.717) is 12.5 Å². The van der Waals surface area contributed by atoms with Crippen LogP contribution in [0.2, 0.25) is 0 Å². The van der Waals surface area contributed by atoms with Crippen LogP contribution in [0.25, 0.3) is 0 Å². The Morgan fingerprint density at radius 2 is 2.17 bits per heavy atom. The quantitative estimate of drug-likeness (QED) is 0.852. The summed E-state index contributed by atoms with van der Waals surface area (Å²) in [6.45, 7) is 0.374. The minimum Gasteiger partial charge on any atom is -0.476 e. The Morgan fingerprint density at radius 1 is 1.50 bits per heavy atom. The highest BCUT2D eigenvalue weighted by molar-refractivity contribution is 7.91. The predicted molar refractivity (Wildman–Crippen MR) is 66.2 cm³/mol. The second kappa shape index (κ2) is 5.33. The zero-order valence-corrected chi connectivity index (χ0v) is 11.3. The van der Waals surface area contributed by atoms with E-state index < -0.39 is 21.7 Å². The molecule has 1 aliphatic carbocycles. The lowest BCUT2D eigenvalue weighted by Gasteiger charge is -2.10. The molecule has 0 aliphatic heterocycles. The number of hydrogen-bond acceptors (Lipinski definition) is 5. The third kappa shape index (κ3) is 2.88. The Bertz CT molecular complexity index is 532. The summed E-state index contributed by atoms with van der Waals surface area (Å²) in [6.07, 6.45) is 4.31. The molecule has 18 heavy (non-hydrogen) atoms. The van der Waals surface area contributed by atoms with Crippen LogP contribution in [0, 0.1) is 5.92 Å². The van der Waals surface area contributed by atoms with Crippen LogP contribution < -0.4 is 4.72 Å². The lowest BCUT2D eigenvalue weighted by Crippen LogP contribution is -2.29. The molecule has 1 fully saturated rings. The predicted octanol–water partition coefficient (Wildman–Crippen LogP) is 1.31. The van der Waals surface area contributed by atoms with E-state index in [2.05, 4.69) is 9.71 Å². The van der Waals surface area contributed by atoms with Gasteiger partial charge in [-0.3, -0.25) is 0 Å². The van der Waals surface area contributed by atoms with Crippen molar-refractivity contribution in [1.82, 2.24) is 9.71 Å². The highest BCUT2D eigenvalue weighted by atomic mass is 32.2. The first-order valence-corrected chi connectivity index (χ1v) is 8.03. The van der Waals surface area contributed by atoms with Crippen LogP contribution in [0.1, 0.15) is 36.2 Å². The molecule has 1 aliphatic rings. The van der Waals surface area contributed by atoms with E-state index in [9.17, 15) is 13.2 Å². The maximum Gasteiger partial charge on any atom is 0.356 e. The van der Waals surface area contributed by atoms with Crippen LogP contribution in [-0.2, 0) is 10.0 Å². The maximum absolute atomic E-state index is 12.0. The molecule has 1 heterocycles. The Morgan fingerprint density at radius 3 is 2.78 bits per heavy atom. The van der Waals surface area contributed by atoms with Gasteiger partial charge < -0.3 is 5.11 Å². The molecule has 8 heteroatoms. The zero-order chi connectivity index (χ0) is 13.2. The number of carboxylic acid groups (broad SMARTS) is 1. The lowest BCUT2D eigenvalue weighted by atomic mass is 10.1. The topological polar surface area (TPSA) is 96.4 Å². The number of carbonyl (C=O) groups is 1. The summed E-state index contributed by atoms with van der Waals surface area (Å²) in [5.41, 5.74) is 0.826. The molecule has 0 unspecified atom stereocenters. The van der Waals surface area contributed by atoms with Crippen molar-refractivity contribution in [3.8, 4) is 0 Å². The Kier molecular flexibility index (Phi) is 3.98. The first-order chi connectivity index (χ1) is 8.50. The number of aromatic carboxylic acids is 1. The largest absolute Gasteiger partial charge is 0.476 e. The van der Waals surface area contributed by atoms with Gasteiger partial charge in [-0.05, 0) is 18.8 Å². The molecule has 6 nitrogen and oxygen atoms in total. The fourth-order valence-electron chi connectivity index (χ4n) is 2.08. The molecule has 1 aromatic heterocycles. The average molecular weight is 290 g/mol. The molecule has 1 aromatic rings. The highest BCUT2D eigenvalue weighted by Crippen LogP contribution is 2.25. The number of hydrogen-bond donors (Lipinski definition) is 2. The molecule has 2 rings (SSSR count). The van der Waals surface area contributed by atoms with E-state index in [4.69, 9.17) is 5.11 Å². The minimum absolute atomic E-state index is 0.215. The summed E-state index contributed by atoms with van der Waals surface area (Å²) < 4.78 is 26.2. The Balaban J connectivity index is 2.09. The van der Waals surface area contributed by atoms with Gasteiger partial charge in [-0.1, -0.05) is 12.8 Å². The van der Waals surface area contributed by atoms with Crippen LogP contribution in [-0.4, -0.2) is 31.0 Å². The Labute approximate surface area is 109 Å². The van der Waals surface area contributed by atoms with Crippen molar-refractivity contribution in [2.45, 2.75) is 29.9 Å². The van der Waals surface area contributed by atoms with Crippen LogP contribution in [0.5, 0.6) is 0 Å². The second-order valence-corrected chi connectivity index (χ2v) is 7.11. The van der Waals surface area contributed by atoms with Crippen molar-refractivity contribution in [3.05, 3.63) is 11.2 Å². The normalized spacial score (nSPS) is 17.1. The summed E-state index contributed by atoms with van der Waals surface area (Å²) in [6, 6.07) is 0. The van der Waals surface area contributed by atoms with E-state index in [0.717, 1.165) is 37.0 Å². The van der Waals surface area contributed by atoms with Gasteiger partial charge in [0, 0.05) is 6.54 Å². The molecular weight excluding hydrogens is 276 g/mol. The number of sulfonamides is 1. The number of nitrogens with zero attached hydrogens (tertiary/aromatic N) is 1. The standard InChI is InChI=1S/C10H14N2O4S2/c13-9(14)8-10(17-6-11-8)18(15,16)12-5-7-3-1-2-4-7/h6-7,12H,1-5H2,(H,13,14). The van der Waals surface area contributed by atoms with Crippen LogP contribution in [0.4, 0.5) is 0 Å². The molecule has 0 radical (unpaired) electrons.